The van der Waals surface area contributed by atoms with Crippen molar-refractivity contribution in [2.45, 2.75) is 44.9 Å². The van der Waals surface area contributed by atoms with Gasteiger partial charge in [0, 0.05) is 37.3 Å². The average Bonchev–Trinajstić information content (AvgIpc) is 2.95. The number of alkyl halides is 2. The third kappa shape index (κ3) is 10.8. The highest BCUT2D eigenvalue weighted by atomic mass is 19.3. The molecule has 2 aromatic carbocycles. The number of hydrogen-bond donors (Lipinski definition) is 5. The van der Waals surface area contributed by atoms with Crippen molar-refractivity contribution in [1.82, 2.24) is 15.5 Å². The van der Waals surface area contributed by atoms with E-state index in [0.29, 0.717) is 11.8 Å². The number of allylic oxidation sites excluding steroid dienone is 4. The van der Waals surface area contributed by atoms with Gasteiger partial charge in [0.2, 0.25) is 5.91 Å². The molecule has 0 fully saturated rings. The molecule has 2 rings (SSSR count). The van der Waals surface area contributed by atoms with Gasteiger partial charge in [-0.1, -0.05) is 55.2 Å². The fourth-order valence-corrected chi connectivity index (χ4v) is 3.95. The van der Waals surface area contributed by atoms with E-state index >= 15 is 0 Å². The lowest BCUT2D eigenvalue weighted by Gasteiger charge is -2.30. The Hall–Kier alpha value is -4.51. The number of anilines is 1. The van der Waals surface area contributed by atoms with Crippen molar-refractivity contribution < 1.29 is 33.4 Å². The Morgan fingerprint density at radius 2 is 1.79 bits per heavy atom. The van der Waals surface area contributed by atoms with Gasteiger partial charge in [-0.25, -0.2) is 8.78 Å². The number of phenolic OH excluding ortho intramolecular Hbond substituents is 1. The van der Waals surface area contributed by atoms with Crippen LogP contribution in [0.2, 0.25) is 0 Å². The van der Waals surface area contributed by atoms with Crippen LogP contribution in [0.15, 0.2) is 79.4 Å². The maximum atomic E-state index is 14.1. The molecule has 2 aromatic rings. The SMILES string of the molecule is C=C/C=C\C=C/CC(NC(=O)c1cccc(O)c1C)C(O)C(=O)N(CC(=O)NCc1ccc(NC)cc1)CC(C)(F)F. The van der Waals surface area contributed by atoms with Gasteiger partial charge in [-0.2, -0.15) is 0 Å². The zero-order valence-electron chi connectivity index (χ0n) is 23.9. The molecule has 42 heavy (non-hydrogen) atoms. The molecule has 2 unspecified atom stereocenters. The summed E-state index contributed by atoms with van der Waals surface area (Å²) in [5.41, 5.74) is 2.01. The molecule has 0 aromatic heterocycles. The van der Waals surface area contributed by atoms with Gasteiger partial charge in [0.15, 0.2) is 6.10 Å². The normalized spacial score (nSPS) is 13.0. The first kappa shape index (κ1) is 33.7. The van der Waals surface area contributed by atoms with Gasteiger partial charge < -0.3 is 31.1 Å². The number of nitrogens with one attached hydrogen (secondary N) is 3. The fourth-order valence-electron chi connectivity index (χ4n) is 3.95. The molecule has 0 aliphatic heterocycles. The highest BCUT2D eigenvalue weighted by molar-refractivity contribution is 5.97. The first-order chi connectivity index (χ1) is 19.9. The van der Waals surface area contributed by atoms with Crippen LogP contribution in [-0.2, 0) is 16.1 Å². The van der Waals surface area contributed by atoms with Crippen molar-refractivity contribution in [1.29, 1.82) is 0 Å². The van der Waals surface area contributed by atoms with E-state index in [-0.39, 0.29) is 29.8 Å². The molecule has 0 saturated heterocycles. The van der Waals surface area contributed by atoms with Crippen LogP contribution in [0.4, 0.5) is 14.5 Å². The first-order valence-corrected chi connectivity index (χ1v) is 13.3. The van der Waals surface area contributed by atoms with Gasteiger partial charge >= 0.3 is 0 Å². The second kappa shape index (κ2) is 16.1. The Labute approximate surface area is 244 Å². The molecular weight excluding hydrogens is 546 g/mol. The van der Waals surface area contributed by atoms with Crippen LogP contribution in [0.5, 0.6) is 5.75 Å². The van der Waals surface area contributed by atoms with E-state index in [9.17, 15) is 33.4 Å². The summed E-state index contributed by atoms with van der Waals surface area (Å²) in [5, 5.41) is 29.1. The summed E-state index contributed by atoms with van der Waals surface area (Å²) in [6.45, 7) is 3.91. The highest BCUT2D eigenvalue weighted by Crippen LogP contribution is 2.20. The van der Waals surface area contributed by atoms with Crippen LogP contribution in [0.1, 0.15) is 34.8 Å². The maximum absolute atomic E-state index is 14.1. The number of amides is 3. The van der Waals surface area contributed by atoms with E-state index < -0.39 is 48.9 Å². The largest absolute Gasteiger partial charge is 0.508 e. The second-order valence-electron chi connectivity index (χ2n) is 9.75. The highest BCUT2D eigenvalue weighted by Gasteiger charge is 2.36. The Morgan fingerprint density at radius 1 is 1.10 bits per heavy atom. The molecule has 0 radical (unpaired) electrons. The Bertz CT molecular complexity index is 1290. The third-order valence-electron chi connectivity index (χ3n) is 6.23. The Balaban J connectivity index is 2.24. The smallest absolute Gasteiger partial charge is 0.262 e. The number of phenols is 1. The molecule has 0 aliphatic carbocycles. The summed E-state index contributed by atoms with van der Waals surface area (Å²) in [6.07, 6.45) is 5.97. The van der Waals surface area contributed by atoms with Gasteiger partial charge in [-0.3, -0.25) is 14.4 Å². The van der Waals surface area contributed by atoms with Crippen molar-refractivity contribution in [2.24, 2.45) is 0 Å². The molecule has 11 heteroatoms. The van der Waals surface area contributed by atoms with Crippen LogP contribution >= 0.6 is 0 Å². The lowest BCUT2D eigenvalue weighted by Crippen LogP contribution is -2.55. The predicted octanol–water partition coefficient (Wildman–Crippen LogP) is 3.69. The van der Waals surface area contributed by atoms with Crippen molar-refractivity contribution in [2.75, 3.05) is 25.5 Å². The van der Waals surface area contributed by atoms with E-state index in [4.69, 9.17) is 0 Å². The number of benzene rings is 2. The molecule has 3 amide bonds. The standard InChI is InChI=1S/C31H38F2N4O5/c1-5-6-7-8-9-12-25(36-29(41)24-11-10-13-26(38)21(24)2)28(40)30(42)37(20-31(3,32)33)19-27(39)35-18-22-14-16-23(34-4)17-15-22/h5-11,13-17,25,28,34,38,40H,1,12,18-20H2,2-4H3,(H,35,39)(H,36,41)/b7-6-,9-8-. The summed E-state index contributed by atoms with van der Waals surface area (Å²) in [7, 11) is 1.76. The summed E-state index contributed by atoms with van der Waals surface area (Å²) >= 11 is 0. The molecule has 2 atom stereocenters. The van der Waals surface area contributed by atoms with Gasteiger partial charge in [0.1, 0.15) is 5.75 Å². The van der Waals surface area contributed by atoms with E-state index in [1.165, 1.54) is 31.2 Å². The summed E-state index contributed by atoms with van der Waals surface area (Å²) < 4.78 is 28.1. The second-order valence-corrected chi connectivity index (χ2v) is 9.75. The van der Waals surface area contributed by atoms with Crippen molar-refractivity contribution in [3.63, 3.8) is 0 Å². The minimum Gasteiger partial charge on any atom is -0.508 e. The summed E-state index contributed by atoms with van der Waals surface area (Å²) in [4.78, 5) is 39.6. The zero-order valence-corrected chi connectivity index (χ0v) is 23.9. The lowest BCUT2D eigenvalue weighted by molar-refractivity contribution is -0.149. The minimum atomic E-state index is -3.37. The molecule has 226 valence electrons. The molecular formula is C31H38F2N4O5. The van der Waals surface area contributed by atoms with Gasteiger partial charge in [-0.15, -0.1) is 0 Å². The quantitative estimate of drug-likeness (QED) is 0.203. The van der Waals surface area contributed by atoms with Crippen LogP contribution in [-0.4, -0.2) is 71.0 Å². The van der Waals surface area contributed by atoms with Crippen LogP contribution < -0.4 is 16.0 Å². The van der Waals surface area contributed by atoms with E-state index in [1.54, 1.807) is 55.6 Å². The summed E-state index contributed by atoms with van der Waals surface area (Å²) in [6, 6.07) is 10.2. The topological polar surface area (TPSA) is 131 Å². The summed E-state index contributed by atoms with van der Waals surface area (Å²) in [5.74, 6) is -6.04. The van der Waals surface area contributed by atoms with Gasteiger partial charge in [0.25, 0.3) is 17.7 Å². The van der Waals surface area contributed by atoms with Crippen LogP contribution in [0, 0.1) is 6.92 Å². The number of hydrogen-bond acceptors (Lipinski definition) is 6. The molecule has 0 saturated carbocycles. The van der Waals surface area contributed by atoms with Crippen molar-refractivity contribution in [3.05, 3.63) is 96.1 Å². The van der Waals surface area contributed by atoms with Crippen LogP contribution in [0.3, 0.4) is 0 Å². The Morgan fingerprint density at radius 3 is 2.40 bits per heavy atom. The minimum absolute atomic E-state index is 0.0524. The number of rotatable bonds is 15. The Kier molecular flexibility index (Phi) is 12.9. The van der Waals surface area contributed by atoms with Gasteiger partial charge in [-0.05, 0) is 43.2 Å². The first-order valence-electron chi connectivity index (χ1n) is 13.3. The van der Waals surface area contributed by atoms with Crippen molar-refractivity contribution >= 4 is 23.4 Å². The molecule has 0 bridgehead atoms. The number of halogens is 2. The maximum Gasteiger partial charge on any atom is 0.262 e. The van der Waals surface area contributed by atoms with E-state index in [0.717, 1.165) is 11.3 Å². The zero-order chi connectivity index (χ0) is 31.3. The number of nitrogens with zero attached hydrogens (tertiary/aromatic N) is 1. The number of aliphatic hydroxyl groups is 1. The van der Waals surface area contributed by atoms with Crippen LogP contribution in [0.25, 0.3) is 0 Å². The van der Waals surface area contributed by atoms with Crippen molar-refractivity contribution in [3.8, 4) is 5.75 Å². The average molecular weight is 585 g/mol. The molecule has 0 spiro atoms. The number of aromatic hydroxyl groups is 1. The van der Waals surface area contributed by atoms with Gasteiger partial charge in [0.05, 0.1) is 19.1 Å². The van der Waals surface area contributed by atoms with E-state index in [2.05, 4.69) is 22.5 Å². The number of carbonyl (C=O) groups excluding carboxylic acids is 3. The monoisotopic (exact) mass is 584 g/mol. The fraction of sp³-hybridized carbons (Fsp3) is 0.323. The molecule has 0 heterocycles. The number of aliphatic hydroxyl groups excluding tert-OH is 1. The number of carbonyl (C=O) groups is 3. The molecule has 5 N–H and O–H groups in total. The predicted molar refractivity (Wildman–Crippen MR) is 158 cm³/mol. The molecule has 0 aliphatic rings. The third-order valence-corrected chi connectivity index (χ3v) is 6.23. The molecule has 9 nitrogen and oxygen atoms in total. The van der Waals surface area contributed by atoms with E-state index in [1.807, 2.05) is 0 Å². The lowest BCUT2D eigenvalue weighted by atomic mass is 10.0.